The molecule has 2 atom stereocenters. The summed E-state index contributed by atoms with van der Waals surface area (Å²) in [5.74, 6) is 0.328. The highest BCUT2D eigenvalue weighted by Gasteiger charge is 2.19. The second-order valence-corrected chi connectivity index (χ2v) is 6.97. The molecule has 134 valence electrons. The molecule has 0 spiro atoms. The maximum Gasteiger partial charge on any atom is 0.241 e. The van der Waals surface area contributed by atoms with E-state index in [2.05, 4.69) is 29.0 Å². The summed E-state index contributed by atoms with van der Waals surface area (Å²) < 4.78 is 0. The van der Waals surface area contributed by atoms with Crippen LogP contribution in [0.15, 0.2) is 24.3 Å². The molecular formula is C19H32N4O. The van der Waals surface area contributed by atoms with E-state index < -0.39 is 6.04 Å². The molecule has 1 saturated heterocycles. The first kappa shape index (κ1) is 18.9. The van der Waals surface area contributed by atoms with Crippen molar-refractivity contribution in [3.05, 3.63) is 35.4 Å². The second-order valence-electron chi connectivity index (χ2n) is 6.97. The minimum atomic E-state index is -0.592. The van der Waals surface area contributed by atoms with Crippen molar-refractivity contribution >= 4 is 5.91 Å². The molecule has 1 amide bonds. The molecule has 0 aliphatic carbocycles. The lowest BCUT2D eigenvalue weighted by Crippen LogP contribution is -2.48. The van der Waals surface area contributed by atoms with Crippen molar-refractivity contribution in [3.8, 4) is 0 Å². The lowest BCUT2D eigenvalue weighted by Gasteiger charge is -2.35. The zero-order valence-corrected chi connectivity index (χ0v) is 15.3. The minimum Gasteiger partial charge on any atom is -0.354 e. The van der Waals surface area contributed by atoms with E-state index in [9.17, 15) is 4.79 Å². The standard InChI is InChI=1S/C19H32N4O/c1-4-22-9-11-23(12-10-22)14-16(3)13-21-19(24)18(20)17-7-5-15(2)6-8-17/h5-8,16,18H,4,9-14,20H2,1-3H3,(H,21,24). The van der Waals surface area contributed by atoms with Crippen LogP contribution in [0.2, 0.25) is 0 Å². The molecule has 5 nitrogen and oxygen atoms in total. The lowest BCUT2D eigenvalue weighted by molar-refractivity contribution is -0.122. The predicted octanol–water partition coefficient (Wildman–Crippen LogP) is 1.38. The van der Waals surface area contributed by atoms with Crippen LogP contribution in [-0.2, 0) is 4.79 Å². The summed E-state index contributed by atoms with van der Waals surface area (Å²) in [6.45, 7) is 13.8. The molecule has 1 fully saturated rings. The molecule has 1 aliphatic rings. The number of amides is 1. The average molecular weight is 332 g/mol. The van der Waals surface area contributed by atoms with E-state index >= 15 is 0 Å². The van der Waals surface area contributed by atoms with Gasteiger partial charge in [-0.25, -0.2) is 0 Å². The maximum atomic E-state index is 12.3. The molecule has 1 aliphatic heterocycles. The van der Waals surface area contributed by atoms with Gasteiger partial charge in [0.05, 0.1) is 0 Å². The lowest BCUT2D eigenvalue weighted by atomic mass is 10.0. The van der Waals surface area contributed by atoms with Gasteiger partial charge in [-0.1, -0.05) is 43.7 Å². The second kappa shape index (κ2) is 9.16. The summed E-state index contributed by atoms with van der Waals surface area (Å²) in [4.78, 5) is 17.2. The topological polar surface area (TPSA) is 61.6 Å². The summed E-state index contributed by atoms with van der Waals surface area (Å²) in [7, 11) is 0. The molecule has 0 bridgehead atoms. The Morgan fingerprint density at radius 1 is 1.17 bits per heavy atom. The van der Waals surface area contributed by atoms with E-state index in [-0.39, 0.29) is 5.91 Å². The first-order valence-electron chi connectivity index (χ1n) is 9.04. The van der Waals surface area contributed by atoms with Gasteiger partial charge in [-0.3, -0.25) is 4.79 Å². The van der Waals surface area contributed by atoms with Gasteiger partial charge in [-0.15, -0.1) is 0 Å². The number of hydrogen-bond acceptors (Lipinski definition) is 4. The van der Waals surface area contributed by atoms with Gasteiger partial charge >= 0.3 is 0 Å². The Bertz CT molecular complexity index is 509. The highest BCUT2D eigenvalue weighted by molar-refractivity contribution is 5.82. The molecule has 0 saturated carbocycles. The summed E-state index contributed by atoms with van der Waals surface area (Å²) in [5.41, 5.74) is 8.09. The fraction of sp³-hybridized carbons (Fsp3) is 0.632. The van der Waals surface area contributed by atoms with E-state index in [0.29, 0.717) is 12.5 Å². The SMILES string of the molecule is CCN1CCN(CC(C)CNC(=O)C(N)c2ccc(C)cc2)CC1. The Balaban J connectivity index is 1.72. The first-order valence-corrected chi connectivity index (χ1v) is 9.04. The Hall–Kier alpha value is -1.43. The van der Waals surface area contributed by atoms with E-state index in [0.717, 1.165) is 44.8 Å². The number of nitrogens with zero attached hydrogens (tertiary/aromatic N) is 2. The third-order valence-electron chi connectivity index (χ3n) is 4.83. The number of nitrogens with one attached hydrogen (secondary N) is 1. The number of aryl methyl sites for hydroxylation is 1. The fourth-order valence-electron chi connectivity index (χ4n) is 3.10. The zero-order valence-electron chi connectivity index (χ0n) is 15.3. The van der Waals surface area contributed by atoms with Gasteiger partial charge in [-0.2, -0.15) is 0 Å². The van der Waals surface area contributed by atoms with Crippen molar-refractivity contribution in [1.82, 2.24) is 15.1 Å². The summed E-state index contributed by atoms with van der Waals surface area (Å²) >= 11 is 0. The van der Waals surface area contributed by atoms with E-state index in [1.165, 1.54) is 5.56 Å². The average Bonchev–Trinajstić information content (AvgIpc) is 2.60. The van der Waals surface area contributed by atoms with Crippen LogP contribution in [-0.4, -0.2) is 61.5 Å². The van der Waals surface area contributed by atoms with Gasteiger partial charge in [0.2, 0.25) is 5.91 Å². The fourth-order valence-corrected chi connectivity index (χ4v) is 3.10. The largest absolute Gasteiger partial charge is 0.354 e. The van der Waals surface area contributed by atoms with Crippen LogP contribution in [0.1, 0.15) is 31.0 Å². The molecule has 1 aromatic rings. The van der Waals surface area contributed by atoms with Gasteiger partial charge in [-0.05, 0) is 24.9 Å². The van der Waals surface area contributed by atoms with Crippen molar-refractivity contribution in [2.45, 2.75) is 26.8 Å². The van der Waals surface area contributed by atoms with E-state index in [4.69, 9.17) is 5.73 Å². The Kier molecular flexibility index (Phi) is 7.21. The smallest absolute Gasteiger partial charge is 0.241 e. The number of carbonyl (C=O) groups excluding carboxylic acids is 1. The zero-order chi connectivity index (χ0) is 17.5. The number of likely N-dealkylation sites (N-methyl/N-ethyl adjacent to an activating group) is 1. The number of carbonyl (C=O) groups is 1. The van der Waals surface area contributed by atoms with Crippen LogP contribution in [0, 0.1) is 12.8 Å². The van der Waals surface area contributed by atoms with Crippen LogP contribution in [0.4, 0.5) is 0 Å². The Labute approximate surface area is 146 Å². The molecule has 5 heteroatoms. The van der Waals surface area contributed by atoms with Crippen LogP contribution in [0.3, 0.4) is 0 Å². The van der Waals surface area contributed by atoms with E-state index in [1.807, 2.05) is 31.2 Å². The molecular weight excluding hydrogens is 300 g/mol. The molecule has 1 heterocycles. The molecule has 0 aromatic heterocycles. The van der Waals surface area contributed by atoms with Crippen LogP contribution < -0.4 is 11.1 Å². The number of rotatable bonds is 7. The number of hydrogen-bond donors (Lipinski definition) is 2. The third kappa shape index (κ3) is 5.58. The van der Waals surface area contributed by atoms with Crippen LogP contribution in [0.25, 0.3) is 0 Å². The van der Waals surface area contributed by atoms with Crippen LogP contribution >= 0.6 is 0 Å². The van der Waals surface area contributed by atoms with Gasteiger partial charge in [0.1, 0.15) is 6.04 Å². The Morgan fingerprint density at radius 2 is 1.75 bits per heavy atom. The maximum absolute atomic E-state index is 12.3. The molecule has 2 rings (SSSR count). The predicted molar refractivity (Wildman–Crippen MR) is 98.8 cm³/mol. The normalized spacial score (nSPS) is 19.0. The quantitative estimate of drug-likeness (QED) is 0.792. The van der Waals surface area contributed by atoms with E-state index in [1.54, 1.807) is 0 Å². The number of piperazine rings is 1. The van der Waals surface area contributed by atoms with Crippen molar-refractivity contribution in [2.75, 3.05) is 45.8 Å². The molecule has 0 radical (unpaired) electrons. The number of benzene rings is 1. The third-order valence-corrected chi connectivity index (χ3v) is 4.83. The summed E-state index contributed by atoms with van der Waals surface area (Å²) in [5, 5.41) is 3.00. The van der Waals surface area contributed by atoms with Crippen molar-refractivity contribution in [3.63, 3.8) is 0 Å². The number of nitrogens with two attached hydrogens (primary N) is 1. The van der Waals surface area contributed by atoms with Crippen LogP contribution in [0.5, 0.6) is 0 Å². The molecule has 1 aromatic carbocycles. The van der Waals surface area contributed by atoms with Gasteiger partial charge in [0.15, 0.2) is 0 Å². The molecule has 24 heavy (non-hydrogen) atoms. The van der Waals surface area contributed by atoms with Crippen molar-refractivity contribution in [2.24, 2.45) is 11.7 Å². The highest BCUT2D eigenvalue weighted by Crippen LogP contribution is 2.12. The summed E-state index contributed by atoms with van der Waals surface area (Å²) in [6.07, 6.45) is 0. The Morgan fingerprint density at radius 3 is 2.33 bits per heavy atom. The highest BCUT2D eigenvalue weighted by atomic mass is 16.2. The monoisotopic (exact) mass is 332 g/mol. The minimum absolute atomic E-state index is 0.0958. The first-order chi connectivity index (χ1) is 11.5. The van der Waals surface area contributed by atoms with Crippen molar-refractivity contribution in [1.29, 1.82) is 0 Å². The van der Waals surface area contributed by atoms with Gasteiger partial charge in [0, 0.05) is 39.3 Å². The summed E-state index contributed by atoms with van der Waals surface area (Å²) in [6, 6.07) is 7.24. The van der Waals surface area contributed by atoms with Gasteiger partial charge in [0.25, 0.3) is 0 Å². The molecule has 3 N–H and O–H groups in total. The molecule has 2 unspecified atom stereocenters. The van der Waals surface area contributed by atoms with Crippen molar-refractivity contribution < 1.29 is 4.79 Å². The van der Waals surface area contributed by atoms with Gasteiger partial charge < -0.3 is 20.9 Å².